The Hall–Kier alpha value is -4.17. The number of rotatable bonds is 9. The van der Waals surface area contributed by atoms with Gasteiger partial charge in [0.05, 0.1) is 18.1 Å². The van der Waals surface area contributed by atoms with Gasteiger partial charge in [-0.3, -0.25) is 34.8 Å². The predicted octanol–water partition coefficient (Wildman–Crippen LogP) is 1.51. The number of methoxy groups -OCH3 is 1. The normalized spacial score (nSPS) is 15.7. The molecule has 3 amide bonds. The van der Waals surface area contributed by atoms with Crippen molar-refractivity contribution in [1.82, 2.24) is 19.8 Å². The minimum absolute atomic E-state index is 0.0130. The lowest BCUT2D eigenvalue weighted by molar-refractivity contribution is -0.384. The van der Waals surface area contributed by atoms with Crippen LogP contribution < -0.4 is 15.5 Å². The number of pyridine rings is 2. The van der Waals surface area contributed by atoms with E-state index >= 15 is 0 Å². The molecular formula is C24H30N8O6. The highest BCUT2D eigenvalue weighted by atomic mass is 16.6. The van der Waals surface area contributed by atoms with Gasteiger partial charge >= 0.3 is 11.7 Å². The van der Waals surface area contributed by atoms with Crippen LogP contribution in [-0.2, 0) is 22.5 Å². The maximum Gasteiger partial charge on any atom is 0.328 e. The van der Waals surface area contributed by atoms with Crippen LogP contribution in [0.3, 0.4) is 0 Å². The van der Waals surface area contributed by atoms with Crippen molar-refractivity contribution in [1.29, 1.82) is 0 Å². The molecule has 0 bridgehead atoms. The largest absolute Gasteiger partial charge is 0.383 e. The number of carbonyl (C=O) groups excluding carboxylic acids is 3. The molecule has 38 heavy (non-hydrogen) atoms. The monoisotopic (exact) mass is 526 g/mol. The fourth-order valence-electron chi connectivity index (χ4n) is 4.45. The molecule has 2 aliphatic rings. The van der Waals surface area contributed by atoms with Crippen molar-refractivity contribution in [3.05, 3.63) is 45.3 Å². The third-order valence-corrected chi connectivity index (χ3v) is 6.44. The number of piperazine rings is 1. The van der Waals surface area contributed by atoms with Gasteiger partial charge in [-0.05, 0) is 31.5 Å². The van der Waals surface area contributed by atoms with Gasteiger partial charge in [0, 0.05) is 51.5 Å². The van der Waals surface area contributed by atoms with E-state index in [1.807, 2.05) is 18.0 Å². The smallest absolute Gasteiger partial charge is 0.328 e. The molecule has 4 rings (SSSR count). The van der Waals surface area contributed by atoms with E-state index in [2.05, 4.69) is 20.6 Å². The van der Waals surface area contributed by atoms with Gasteiger partial charge in [-0.2, -0.15) is 0 Å². The average Bonchev–Trinajstić information content (AvgIpc) is 2.89. The Labute approximate surface area is 219 Å². The number of aromatic nitrogens is 2. The predicted molar refractivity (Wildman–Crippen MR) is 138 cm³/mol. The number of hydrogen-bond donors (Lipinski definition) is 2. The Bertz CT molecular complexity index is 1240. The Balaban J connectivity index is 1.54. The summed E-state index contributed by atoms with van der Waals surface area (Å²) in [4.78, 5) is 61.9. The van der Waals surface area contributed by atoms with Crippen LogP contribution in [0.1, 0.15) is 28.0 Å². The van der Waals surface area contributed by atoms with Crippen molar-refractivity contribution in [3.63, 3.8) is 0 Å². The van der Waals surface area contributed by atoms with Gasteiger partial charge in [0.1, 0.15) is 29.2 Å². The molecule has 0 aromatic carbocycles. The van der Waals surface area contributed by atoms with E-state index in [1.165, 1.54) is 18.1 Å². The first-order chi connectivity index (χ1) is 18.3. The number of nitrogens with one attached hydrogen (secondary N) is 2. The number of anilines is 3. The molecule has 0 atom stereocenters. The summed E-state index contributed by atoms with van der Waals surface area (Å²) >= 11 is 0. The third kappa shape index (κ3) is 6.03. The van der Waals surface area contributed by atoms with Crippen LogP contribution in [0.2, 0.25) is 0 Å². The molecular weight excluding hydrogens is 496 g/mol. The van der Waals surface area contributed by atoms with Crippen LogP contribution in [0.4, 0.5) is 27.8 Å². The molecule has 0 saturated carbocycles. The number of nitro groups is 1. The fraction of sp³-hybridized carbons (Fsp3) is 0.458. The lowest BCUT2D eigenvalue weighted by Crippen LogP contribution is -2.48. The molecule has 2 aromatic heterocycles. The second-order valence-electron chi connectivity index (χ2n) is 9.14. The zero-order chi connectivity index (χ0) is 27.2. The average molecular weight is 527 g/mol. The van der Waals surface area contributed by atoms with Crippen LogP contribution in [0, 0.1) is 10.1 Å². The summed E-state index contributed by atoms with van der Waals surface area (Å²) in [5.74, 6) is 0.471. The zero-order valence-corrected chi connectivity index (χ0v) is 21.3. The van der Waals surface area contributed by atoms with Gasteiger partial charge in [-0.25, -0.2) is 14.8 Å². The highest BCUT2D eigenvalue weighted by Gasteiger charge is 2.28. The second-order valence-corrected chi connectivity index (χ2v) is 9.14. The maximum absolute atomic E-state index is 13.2. The van der Waals surface area contributed by atoms with Crippen LogP contribution in [0.5, 0.6) is 0 Å². The van der Waals surface area contributed by atoms with E-state index in [0.717, 1.165) is 18.3 Å². The molecule has 0 spiro atoms. The zero-order valence-electron chi connectivity index (χ0n) is 21.3. The number of aryl methyl sites for hydroxylation is 1. The summed E-state index contributed by atoms with van der Waals surface area (Å²) in [6.07, 6.45) is 3.05. The summed E-state index contributed by atoms with van der Waals surface area (Å²) in [6.45, 7) is 2.93. The molecule has 14 nitrogen and oxygen atoms in total. The van der Waals surface area contributed by atoms with Gasteiger partial charge in [-0.15, -0.1) is 0 Å². The number of nitrogens with zero attached hydrogens (tertiary/aromatic N) is 6. The second kappa shape index (κ2) is 11.9. The number of amides is 3. The Kier molecular flexibility index (Phi) is 8.43. The Morgan fingerprint density at radius 2 is 2.11 bits per heavy atom. The van der Waals surface area contributed by atoms with Crippen molar-refractivity contribution >= 4 is 41.2 Å². The van der Waals surface area contributed by atoms with Crippen LogP contribution in [0.25, 0.3) is 0 Å². The highest BCUT2D eigenvalue weighted by molar-refractivity contribution is 6.02. The van der Waals surface area contributed by atoms with E-state index in [9.17, 15) is 24.5 Å². The van der Waals surface area contributed by atoms with Gasteiger partial charge < -0.3 is 15.0 Å². The van der Waals surface area contributed by atoms with Crippen LogP contribution in [-0.4, -0.2) is 96.4 Å². The molecule has 0 unspecified atom stereocenters. The number of hydrogen-bond acceptors (Lipinski definition) is 10. The molecule has 2 N–H and O–H groups in total. The Morgan fingerprint density at radius 1 is 1.29 bits per heavy atom. The number of likely N-dealkylation sites (N-methyl/N-ethyl adjacent to an activating group) is 1. The van der Waals surface area contributed by atoms with Gasteiger partial charge in [0.25, 0.3) is 0 Å². The molecule has 4 heterocycles. The minimum atomic E-state index is -0.563. The fourth-order valence-corrected chi connectivity index (χ4v) is 4.45. The standard InChI is InChI=1S/C24H30N8O6/c1-29-7-8-30(22(34)14-29)13-17-10-16-4-3-6-31(23(16)27-19(17)15-33)24(35)28-21-11-18(25-5-9-38-2)20(12-26-21)32(36)37/h10-12,15H,3-9,13-14H2,1-2H3,(H2,25,26,28,35). The first kappa shape index (κ1) is 26.9. The van der Waals surface area contributed by atoms with E-state index in [0.29, 0.717) is 63.3 Å². The molecule has 1 saturated heterocycles. The lowest BCUT2D eigenvalue weighted by atomic mass is 10.0. The van der Waals surface area contributed by atoms with Crippen LogP contribution >= 0.6 is 0 Å². The van der Waals surface area contributed by atoms with E-state index in [1.54, 1.807) is 4.90 Å². The van der Waals surface area contributed by atoms with Gasteiger partial charge in [0.15, 0.2) is 6.29 Å². The SMILES string of the molecule is COCCNc1cc(NC(=O)N2CCCc3cc(CN4CCN(C)CC4=O)c(C=O)nc32)ncc1[N+](=O)[O-]. The summed E-state index contributed by atoms with van der Waals surface area (Å²) in [5, 5.41) is 16.9. The maximum atomic E-state index is 13.2. The van der Waals surface area contributed by atoms with E-state index in [4.69, 9.17) is 4.74 Å². The Morgan fingerprint density at radius 3 is 2.82 bits per heavy atom. The first-order valence-corrected chi connectivity index (χ1v) is 12.2. The number of urea groups is 1. The molecule has 14 heteroatoms. The van der Waals surface area contributed by atoms with Crippen molar-refractivity contribution in [2.45, 2.75) is 19.4 Å². The van der Waals surface area contributed by atoms with E-state index in [-0.39, 0.29) is 35.3 Å². The lowest BCUT2D eigenvalue weighted by Gasteiger charge is -2.33. The van der Waals surface area contributed by atoms with Crippen molar-refractivity contribution in [2.24, 2.45) is 0 Å². The number of carbonyl (C=O) groups is 3. The van der Waals surface area contributed by atoms with E-state index < -0.39 is 11.0 Å². The molecule has 1 fully saturated rings. The number of fused-ring (bicyclic) bond motifs is 1. The van der Waals surface area contributed by atoms with Crippen molar-refractivity contribution in [2.75, 3.05) is 69.0 Å². The molecule has 0 aliphatic carbocycles. The summed E-state index contributed by atoms with van der Waals surface area (Å²) in [5.41, 5.74) is 1.58. The minimum Gasteiger partial charge on any atom is -0.383 e. The number of ether oxygens (including phenoxy) is 1. The summed E-state index contributed by atoms with van der Waals surface area (Å²) in [6, 6.07) is 2.71. The van der Waals surface area contributed by atoms with Crippen LogP contribution in [0.15, 0.2) is 18.3 Å². The van der Waals surface area contributed by atoms with Crippen molar-refractivity contribution < 1.29 is 24.0 Å². The first-order valence-electron chi connectivity index (χ1n) is 12.2. The molecule has 2 aliphatic heterocycles. The third-order valence-electron chi connectivity index (χ3n) is 6.44. The summed E-state index contributed by atoms with van der Waals surface area (Å²) in [7, 11) is 3.40. The van der Waals surface area contributed by atoms with Crippen molar-refractivity contribution in [3.8, 4) is 0 Å². The topological polar surface area (TPSA) is 163 Å². The van der Waals surface area contributed by atoms with Gasteiger partial charge in [-0.1, -0.05) is 0 Å². The molecule has 0 radical (unpaired) electrons. The summed E-state index contributed by atoms with van der Waals surface area (Å²) < 4.78 is 4.97. The number of aldehydes is 1. The highest BCUT2D eigenvalue weighted by Crippen LogP contribution is 2.30. The molecule has 2 aromatic rings. The molecule has 202 valence electrons. The van der Waals surface area contributed by atoms with Gasteiger partial charge in [0.2, 0.25) is 5.91 Å². The quantitative estimate of drug-likeness (QED) is 0.212.